The quantitative estimate of drug-likeness (QED) is 0.705. The number of para-hydroxylation sites is 1. The lowest BCUT2D eigenvalue weighted by Gasteiger charge is -2.45. The topological polar surface area (TPSA) is 65.3 Å². The van der Waals surface area contributed by atoms with Gasteiger partial charge in [0.25, 0.3) is 0 Å². The van der Waals surface area contributed by atoms with Crippen LogP contribution in [0.1, 0.15) is 12.8 Å². The Morgan fingerprint density at radius 1 is 1.00 bits per heavy atom. The van der Waals surface area contributed by atoms with Crippen LogP contribution < -0.4 is 4.90 Å². The van der Waals surface area contributed by atoms with Crippen LogP contribution in [0, 0.1) is 0 Å². The lowest BCUT2D eigenvalue weighted by atomic mass is 9.92. The molecule has 2 saturated heterocycles. The standard InChI is InChI=1S/C19H21N5O2/c1-2-4-15(5-3-1)24-18-16(12-22-24)17(20-14-21-18)23-8-11-26-19(13-23)6-9-25-10-7-19/h1-5,12,14H,6-11,13H2. The molecule has 0 amide bonds. The minimum Gasteiger partial charge on any atom is -0.381 e. The van der Waals surface area contributed by atoms with Crippen LogP contribution in [0.15, 0.2) is 42.9 Å². The van der Waals surface area contributed by atoms with Crippen LogP contribution in [0.5, 0.6) is 0 Å². The molecule has 2 aromatic heterocycles. The van der Waals surface area contributed by atoms with Gasteiger partial charge in [-0.05, 0) is 12.1 Å². The fraction of sp³-hybridized carbons (Fsp3) is 0.421. The average molecular weight is 351 g/mol. The number of rotatable bonds is 2. The van der Waals surface area contributed by atoms with E-state index in [4.69, 9.17) is 9.47 Å². The molecule has 3 aromatic rings. The van der Waals surface area contributed by atoms with E-state index in [0.717, 1.165) is 61.7 Å². The second kappa shape index (κ2) is 6.34. The number of hydrogen-bond acceptors (Lipinski definition) is 6. The third-order valence-corrected chi connectivity index (χ3v) is 5.30. The highest BCUT2D eigenvalue weighted by molar-refractivity contribution is 5.87. The van der Waals surface area contributed by atoms with Crippen molar-refractivity contribution < 1.29 is 9.47 Å². The summed E-state index contributed by atoms with van der Waals surface area (Å²) in [6.45, 7) is 3.89. The normalized spacial score (nSPS) is 19.9. The summed E-state index contributed by atoms with van der Waals surface area (Å²) in [6, 6.07) is 10.1. The van der Waals surface area contributed by atoms with Gasteiger partial charge in [-0.2, -0.15) is 5.10 Å². The predicted molar refractivity (Wildman–Crippen MR) is 97.6 cm³/mol. The Bertz CT molecular complexity index is 899. The molecule has 0 N–H and O–H groups in total. The van der Waals surface area contributed by atoms with Gasteiger partial charge in [-0.15, -0.1) is 0 Å². The number of aromatic nitrogens is 4. The second-order valence-corrected chi connectivity index (χ2v) is 6.89. The molecule has 134 valence electrons. The molecule has 2 aliphatic heterocycles. The Hall–Kier alpha value is -2.51. The smallest absolute Gasteiger partial charge is 0.168 e. The van der Waals surface area contributed by atoms with Crippen molar-refractivity contribution >= 4 is 16.9 Å². The van der Waals surface area contributed by atoms with Crippen molar-refractivity contribution in [1.82, 2.24) is 19.7 Å². The van der Waals surface area contributed by atoms with Gasteiger partial charge in [-0.3, -0.25) is 0 Å². The monoisotopic (exact) mass is 351 g/mol. The molecule has 0 saturated carbocycles. The molecule has 2 fully saturated rings. The fourth-order valence-electron chi connectivity index (χ4n) is 3.91. The van der Waals surface area contributed by atoms with E-state index in [-0.39, 0.29) is 5.60 Å². The first-order valence-corrected chi connectivity index (χ1v) is 9.06. The molecular formula is C19H21N5O2. The van der Waals surface area contributed by atoms with Crippen molar-refractivity contribution in [3.8, 4) is 5.69 Å². The summed E-state index contributed by atoms with van der Waals surface area (Å²) in [5.41, 5.74) is 1.70. The van der Waals surface area contributed by atoms with E-state index in [9.17, 15) is 0 Å². The molecule has 26 heavy (non-hydrogen) atoms. The zero-order chi connectivity index (χ0) is 17.4. The Kier molecular flexibility index (Phi) is 3.83. The first-order valence-electron chi connectivity index (χ1n) is 9.06. The van der Waals surface area contributed by atoms with Crippen molar-refractivity contribution in [3.05, 3.63) is 42.9 Å². The van der Waals surface area contributed by atoms with Crippen LogP contribution in [0.4, 0.5) is 5.82 Å². The zero-order valence-electron chi connectivity index (χ0n) is 14.5. The SMILES string of the molecule is c1ccc(-n2ncc3c(N4CCOC5(CCOCC5)C4)ncnc32)cc1. The zero-order valence-corrected chi connectivity index (χ0v) is 14.5. The maximum Gasteiger partial charge on any atom is 0.168 e. The molecule has 1 aromatic carbocycles. The summed E-state index contributed by atoms with van der Waals surface area (Å²) in [7, 11) is 0. The molecule has 4 heterocycles. The maximum atomic E-state index is 6.16. The van der Waals surface area contributed by atoms with Crippen LogP contribution >= 0.6 is 0 Å². The van der Waals surface area contributed by atoms with Crippen LogP contribution in [0.3, 0.4) is 0 Å². The van der Waals surface area contributed by atoms with E-state index < -0.39 is 0 Å². The maximum absolute atomic E-state index is 6.16. The number of nitrogens with zero attached hydrogens (tertiary/aromatic N) is 5. The number of morpholine rings is 1. The van der Waals surface area contributed by atoms with Gasteiger partial charge < -0.3 is 14.4 Å². The first kappa shape index (κ1) is 15.7. The van der Waals surface area contributed by atoms with Gasteiger partial charge in [0.05, 0.1) is 29.5 Å². The Morgan fingerprint density at radius 2 is 1.85 bits per heavy atom. The number of ether oxygens (including phenoxy) is 2. The van der Waals surface area contributed by atoms with E-state index in [1.54, 1.807) is 6.33 Å². The predicted octanol–water partition coefficient (Wildman–Crippen LogP) is 2.20. The summed E-state index contributed by atoms with van der Waals surface area (Å²) >= 11 is 0. The van der Waals surface area contributed by atoms with Crippen molar-refractivity contribution in [2.75, 3.05) is 37.8 Å². The molecular weight excluding hydrogens is 330 g/mol. The van der Waals surface area contributed by atoms with Gasteiger partial charge >= 0.3 is 0 Å². The van der Waals surface area contributed by atoms with E-state index in [1.165, 1.54) is 0 Å². The first-order chi connectivity index (χ1) is 12.8. The molecule has 0 aliphatic carbocycles. The van der Waals surface area contributed by atoms with Crippen LogP contribution in [0.2, 0.25) is 0 Å². The van der Waals surface area contributed by atoms with Crippen LogP contribution in [-0.2, 0) is 9.47 Å². The number of anilines is 1. The van der Waals surface area contributed by atoms with E-state index in [1.807, 2.05) is 41.2 Å². The highest BCUT2D eigenvalue weighted by Crippen LogP contribution is 2.33. The van der Waals surface area contributed by atoms with Gasteiger partial charge in [0.2, 0.25) is 0 Å². The summed E-state index contributed by atoms with van der Waals surface area (Å²) < 4.78 is 13.5. The van der Waals surface area contributed by atoms with Crippen molar-refractivity contribution in [2.45, 2.75) is 18.4 Å². The van der Waals surface area contributed by atoms with E-state index in [2.05, 4.69) is 20.0 Å². The Morgan fingerprint density at radius 3 is 2.69 bits per heavy atom. The van der Waals surface area contributed by atoms with Gasteiger partial charge in [-0.25, -0.2) is 14.6 Å². The van der Waals surface area contributed by atoms with Crippen molar-refractivity contribution in [1.29, 1.82) is 0 Å². The van der Waals surface area contributed by atoms with Gasteiger partial charge in [0.1, 0.15) is 12.1 Å². The number of fused-ring (bicyclic) bond motifs is 1. The van der Waals surface area contributed by atoms with Crippen LogP contribution in [-0.4, -0.2) is 58.3 Å². The Labute approximate surface area is 151 Å². The number of hydrogen-bond donors (Lipinski definition) is 0. The third-order valence-electron chi connectivity index (χ3n) is 5.30. The lowest BCUT2D eigenvalue weighted by molar-refractivity contribution is -0.116. The molecule has 7 nitrogen and oxygen atoms in total. The lowest BCUT2D eigenvalue weighted by Crippen LogP contribution is -2.54. The molecule has 0 unspecified atom stereocenters. The van der Waals surface area contributed by atoms with E-state index in [0.29, 0.717) is 6.61 Å². The molecule has 0 radical (unpaired) electrons. The third kappa shape index (κ3) is 2.64. The molecule has 5 rings (SSSR count). The molecule has 7 heteroatoms. The van der Waals surface area contributed by atoms with Crippen molar-refractivity contribution in [3.63, 3.8) is 0 Å². The second-order valence-electron chi connectivity index (χ2n) is 6.89. The summed E-state index contributed by atoms with van der Waals surface area (Å²) in [6.07, 6.45) is 5.36. The highest BCUT2D eigenvalue weighted by Gasteiger charge is 2.39. The molecule has 0 bridgehead atoms. The highest BCUT2D eigenvalue weighted by atomic mass is 16.5. The summed E-state index contributed by atoms with van der Waals surface area (Å²) in [5, 5.41) is 5.53. The minimum absolute atomic E-state index is 0.122. The van der Waals surface area contributed by atoms with Crippen LogP contribution in [0.25, 0.3) is 16.7 Å². The molecule has 0 atom stereocenters. The van der Waals surface area contributed by atoms with Crippen molar-refractivity contribution in [2.24, 2.45) is 0 Å². The molecule has 2 aliphatic rings. The fourth-order valence-corrected chi connectivity index (χ4v) is 3.91. The number of benzene rings is 1. The van der Waals surface area contributed by atoms with Gasteiger partial charge in [0.15, 0.2) is 5.65 Å². The largest absolute Gasteiger partial charge is 0.381 e. The minimum atomic E-state index is -0.122. The summed E-state index contributed by atoms with van der Waals surface area (Å²) in [4.78, 5) is 11.4. The van der Waals surface area contributed by atoms with E-state index >= 15 is 0 Å². The average Bonchev–Trinajstić information content (AvgIpc) is 3.13. The van der Waals surface area contributed by atoms with Gasteiger partial charge in [0, 0.05) is 39.1 Å². The summed E-state index contributed by atoms with van der Waals surface area (Å²) in [5.74, 6) is 0.936. The molecule has 1 spiro atoms. The Balaban J connectivity index is 1.52. The van der Waals surface area contributed by atoms with Gasteiger partial charge in [-0.1, -0.05) is 18.2 Å².